The van der Waals surface area contributed by atoms with Crippen molar-refractivity contribution < 1.29 is 0 Å². The highest BCUT2D eigenvalue weighted by molar-refractivity contribution is 5.45. The van der Waals surface area contributed by atoms with Gasteiger partial charge in [0.05, 0.1) is 0 Å². The average molecular weight is 290 g/mol. The van der Waals surface area contributed by atoms with Crippen LogP contribution in [0.25, 0.3) is 0 Å². The molecule has 21 heavy (non-hydrogen) atoms. The molecule has 4 heteroatoms. The Morgan fingerprint density at radius 3 is 2.38 bits per heavy atom. The molecule has 118 valence electrons. The van der Waals surface area contributed by atoms with Gasteiger partial charge in [-0.25, -0.2) is 4.98 Å². The zero-order valence-electron chi connectivity index (χ0n) is 13.9. The molecule has 0 unspecified atom stereocenters. The fourth-order valence-corrected chi connectivity index (χ4v) is 3.09. The van der Waals surface area contributed by atoms with Crippen LogP contribution in [0.4, 0.5) is 11.8 Å². The van der Waals surface area contributed by atoms with Crippen molar-refractivity contribution in [2.24, 2.45) is 0 Å². The van der Waals surface area contributed by atoms with E-state index in [-0.39, 0.29) is 0 Å². The summed E-state index contributed by atoms with van der Waals surface area (Å²) in [6.45, 7) is 8.63. The minimum Gasteiger partial charge on any atom is -0.356 e. The molecular weight excluding hydrogens is 260 g/mol. The average Bonchev–Trinajstić information content (AvgIpc) is 2.47. The first-order valence-electron chi connectivity index (χ1n) is 8.60. The molecule has 1 aromatic rings. The summed E-state index contributed by atoms with van der Waals surface area (Å²) in [5, 5.41) is 3.55. The summed E-state index contributed by atoms with van der Waals surface area (Å²) in [7, 11) is 0. The van der Waals surface area contributed by atoms with Gasteiger partial charge in [0.25, 0.3) is 0 Å². The molecule has 0 aliphatic heterocycles. The topological polar surface area (TPSA) is 41.1 Å². The Morgan fingerprint density at radius 2 is 1.76 bits per heavy atom. The van der Waals surface area contributed by atoms with E-state index in [2.05, 4.69) is 42.0 Å². The van der Waals surface area contributed by atoms with Gasteiger partial charge in [0.2, 0.25) is 5.95 Å². The summed E-state index contributed by atoms with van der Waals surface area (Å²) in [5.74, 6) is 1.89. The number of hydrogen-bond donors (Lipinski definition) is 1. The molecule has 1 aliphatic rings. The minimum absolute atomic E-state index is 0.555. The molecule has 1 saturated carbocycles. The molecule has 4 nitrogen and oxygen atoms in total. The highest BCUT2D eigenvalue weighted by atomic mass is 15.2. The molecule has 0 amide bonds. The smallest absolute Gasteiger partial charge is 0.225 e. The number of nitrogens with one attached hydrogen (secondary N) is 1. The summed E-state index contributed by atoms with van der Waals surface area (Å²) in [5.41, 5.74) is 1.05. The fourth-order valence-electron chi connectivity index (χ4n) is 3.09. The lowest BCUT2D eigenvalue weighted by Gasteiger charge is -2.25. The highest BCUT2D eigenvalue weighted by Crippen LogP contribution is 2.22. The van der Waals surface area contributed by atoms with Crippen LogP contribution in [0.1, 0.15) is 64.5 Å². The van der Waals surface area contributed by atoms with Crippen molar-refractivity contribution in [1.29, 1.82) is 0 Å². The minimum atomic E-state index is 0.555. The van der Waals surface area contributed by atoms with E-state index < -0.39 is 0 Å². The normalized spacial score (nSPS) is 16.0. The monoisotopic (exact) mass is 290 g/mol. The first-order valence-corrected chi connectivity index (χ1v) is 8.60. The Kier molecular flexibility index (Phi) is 6.27. The van der Waals surface area contributed by atoms with Crippen molar-refractivity contribution in [1.82, 2.24) is 9.97 Å². The summed E-state index contributed by atoms with van der Waals surface area (Å²) >= 11 is 0. The standard InChI is InChI=1S/C17H30N4/c1-4-11-21(12-5-2)16-13-14(3)18-17(20-16)19-15-9-7-6-8-10-15/h13,15H,4-12H2,1-3H3,(H,18,19,20). The maximum Gasteiger partial charge on any atom is 0.225 e. The second-order valence-corrected chi connectivity index (χ2v) is 6.16. The molecule has 0 radical (unpaired) electrons. The van der Waals surface area contributed by atoms with Crippen molar-refractivity contribution in [2.75, 3.05) is 23.3 Å². The molecule has 0 atom stereocenters. The van der Waals surface area contributed by atoms with Crippen LogP contribution >= 0.6 is 0 Å². The number of anilines is 2. The van der Waals surface area contributed by atoms with Gasteiger partial charge in [-0.2, -0.15) is 4.98 Å². The van der Waals surface area contributed by atoms with E-state index in [1.54, 1.807) is 0 Å². The van der Waals surface area contributed by atoms with Gasteiger partial charge in [0.1, 0.15) is 5.82 Å². The van der Waals surface area contributed by atoms with Gasteiger partial charge >= 0.3 is 0 Å². The first-order chi connectivity index (χ1) is 10.2. The van der Waals surface area contributed by atoms with Crippen LogP contribution in [0.15, 0.2) is 6.07 Å². The molecule has 1 N–H and O–H groups in total. The zero-order valence-corrected chi connectivity index (χ0v) is 13.9. The van der Waals surface area contributed by atoms with Gasteiger partial charge in [-0.1, -0.05) is 33.1 Å². The summed E-state index contributed by atoms with van der Waals surface area (Å²) < 4.78 is 0. The molecule has 0 spiro atoms. The van der Waals surface area contributed by atoms with Gasteiger partial charge in [0.15, 0.2) is 0 Å². The highest BCUT2D eigenvalue weighted by Gasteiger charge is 2.15. The van der Waals surface area contributed by atoms with Crippen LogP contribution in [-0.2, 0) is 0 Å². The lowest BCUT2D eigenvalue weighted by Crippen LogP contribution is -2.28. The maximum atomic E-state index is 4.77. The van der Waals surface area contributed by atoms with E-state index in [0.29, 0.717) is 6.04 Å². The lowest BCUT2D eigenvalue weighted by atomic mass is 9.96. The number of aryl methyl sites for hydroxylation is 1. The summed E-state index contributed by atoms with van der Waals surface area (Å²) in [4.78, 5) is 11.7. The maximum absolute atomic E-state index is 4.77. The Balaban J connectivity index is 2.10. The van der Waals surface area contributed by atoms with Crippen LogP contribution in [-0.4, -0.2) is 29.1 Å². The fraction of sp³-hybridized carbons (Fsp3) is 0.765. The van der Waals surface area contributed by atoms with Gasteiger partial charge < -0.3 is 10.2 Å². The number of nitrogens with zero attached hydrogens (tertiary/aromatic N) is 3. The quantitative estimate of drug-likeness (QED) is 0.819. The van der Waals surface area contributed by atoms with Crippen LogP contribution < -0.4 is 10.2 Å². The third kappa shape index (κ3) is 4.87. The van der Waals surface area contributed by atoms with Crippen molar-refractivity contribution in [3.63, 3.8) is 0 Å². The lowest BCUT2D eigenvalue weighted by molar-refractivity contribution is 0.460. The number of hydrogen-bond acceptors (Lipinski definition) is 4. The molecule has 1 fully saturated rings. The van der Waals surface area contributed by atoms with E-state index >= 15 is 0 Å². The van der Waals surface area contributed by atoms with Crippen LogP contribution in [0.2, 0.25) is 0 Å². The molecule has 2 rings (SSSR count). The molecule has 0 aromatic carbocycles. The van der Waals surface area contributed by atoms with E-state index in [1.165, 1.54) is 32.1 Å². The van der Waals surface area contributed by atoms with Gasteiger partial charge in [-0.3, -0.25) is 0 Å². The molecule has 1 aliphatic carbocycles. The predicted octanol–water partition coefficient (Wildman–Crippen LogP) is 4.16. The molecule has 0 bridgehead atoms. The summed E-state index contributed by atoms with van der Waals surface area (Å²) in [6.07, 6.45) is 8.82. The first kappa shape index (κ1) is 16.1. The largest absolute Gasteiger partial charge is 0.356 e. The zero-order chi connectivity index (χ0) is 15.1. The van der Waals surface area contributed by atoms with Crippen molar-refractivity contribution in [3.05, 3.63) is 11.8 Å². The second kappa shape index (κ2) is 8.20. The van der Waals surface area contributed by atoms with Crippen molar-refractivity contribution in [3.8, 4) is 0 Å². The second-order valence-electron chi connectivity index (χ2n) is 6.16. The van der Waals surface area contributed by atoms with Gasteiger partial charge in [-0.05, 0) is 32.6 Å². The Labute approximate surface area is 129 Å². The predicted molar refractivity (Wildman–Crippen MR) is 90.1 cm³/mol. The molecule has 0 saturated heterocycles. The van der Waals surface area contributed by atoms with Crippen LogP contribution in [0.5, 0.6) is 0 Å². The van der Waals surface area contributed by atoms with Gasteiger partial charge in [-0.15, -0.1) is 0 Å². The van der Waals surface area contributed by atoms with E-state index in [9.17, 15) is 0 Å². The molecule has 1 aromatic heterocycles. The van der Waals surface area contributed by atoms with Crippen molar-refractivity contribution in [2.45, 2.75) is 71.8 Å². The SMILES string of the molecule is CCCN(CCC)c1cc(C)nc(NC2CCCCC2)n1. The van der Waals surface area contributed by atoms with E-state index in [1.807, 2.05) is 0 Å². The Morgan fingerprint density at radius 1 is 1.10 bits per heavy atom. The van der Waals surface area contributed by atoms with E-state index in [4.69, 9.17) is 4.98 Å². The third-order valence-electron chi connectivity index (χ3n) is 4.09. The van der Waals surface area contributed by atoms with Crippen LogP contribution in [0.3, 0.4) is 0 Å². The number of rotatable bonds is 7. The summed E-state index contributed by atoms with van der Waals surface area (Å²) in [6, 6.07) is 2.66. The Hall–Kier alpha value is -1.32. The molecule has 1 heterocycles. The van der Waals surface area contributed by atoms with E-state index in [0.717, 1.165) is 43.4 Å². The van der Waals surface area contributed by atoms with Crippen LogP contribution in [0, 0.1) is 6.92 Å². The van der Waals surface area contributed by atoms with Crippen molar-refractivity contribution >= 4 is 11.8 Å². The molecular formula is C17H30N4. The Bertz CT molecular complexity index is 421. The third-order valence-corrected chi connectivity index (χ3v) is 4.09. The van der Waals surface area contributed by atoms with Gasteiger partial charge in [0, 0.05) is 30.9 Å². The number of aromatic nitrogens is 2.